The number of nitrogens with zero attached hydrogens (tertiary/aromatic N) is 1. The second kappa shape index (κ2) is 11.0. The van der Waals surface area contributed by atoms with Gasteiger partial charge in [-0.15, -0.1) is 0 Å². The Balaban J connectivity index is 1.33. The lowest BCUT2D eigenvalue weighted by Gasteiger charge is -2.29. The molecule has 3 nitrogen and oxygen atoms in total. The summed E-state index contributed by atoms with van der Waals surface area (Å²) in [5.74, 6) is 0. The Bertz CT molecular complexity index is 2840. The molecule has 10 rings (SSSR count). The van der Waals surface area contributed by atoms with Gasteiger partial charge in [-0.25, -0.2) is 0 Å². The van der Waals surface area contributed by atoms with Crippen LogP contribution in [0.5, 0.6) is 0 Å². The molecule has 0 fully saturated rings. The molecular weight excluding hydrogens is 599 g/mol. The summed E-state index contributed by atoms with van der Waals surface area (Å²) in [4.78, 5) is 2.38. The summed E-state index contributed by atoms with van der Waals surface area (Å²) in [6.07, 6.45) is 0. The number of para-hydroxylation sites is 3. The third kappa shape index (κ3) is 4.44. The van der Waals surface area contributed by atoms with Crippen molar-refractivity contribution in [3.63, 3.8) is 0 Å². The van der Waals surface area contributed by atoms with E-state index >= 15 is 0 Å². The van der Waals surface area contributed by atoms with Crippen LogP contribution >= 0.6 is 0 Å². The first-order valence-electron chi connectivity index (χ1n) is 16.6. The summed E-state index contributed by atoms with van der Waals surface area (Å²) in [6.45, 7) is 0. The van der Waals surface area contributed by atoms with Crippen molar-refractivity contribution in [2.45, 2.75) is 0 Å². The number of anilines is 3. The predicted molar refractivity (Wildman–Crippen MR) is 204 cm³/mol. The number of furan rings is 2. The van der Waals surface area contributed by atoms with Gasteiger partial charge in [0.2, 0.25) is 0 Å². The Morgan fingerprint density at radius 3 is 1.86 bits per heavy atom. The zero-order valence-corrected chi connectivity index (χ0v) is 26.5. The SMILES string of the molecule is c1ccc(-c2ccc(-c3ccc4ccccc4c3)cc2N(c2cccc3c2oc2ccccc23)c2cccc3oc4ccccc4c23)cc1. The fourth-order valence-electron chi connectivity index (χ4n) is 7.37. The van der Waals surface area contributed by atoms with Crippen LogP contribution in [0.1, 0.15) is 0 Å². The van der Waals surface area contributed by atoms with Gasteiger partial charge in [-0.1, -0.05) is 133 Å². The molecule has 0 atom stereocenters. The number of benzene rings is 8. The highest BCUT2D eigenvalue weighted by Crippen LogP contribution is 2.49. The molecule has 49 heavy (non-hydrogen) atoms. The first-order valence-corrected chi connectivity index (χ1v) is 16.6. The molecule has 0 aliphatic rings. The molecular formula is C46H29NO2. The van der Waals surface area contributed by atoms with E-state index in [2.05, 4.69) is 157 Å². The van der Waals surface area contributed by atoms with Gasteiger partial charge in [0.25, 0.3) is 0 Å². The van der Waals surface area contributed by atoms with Crippen LogP contribution in [0, 0.1) is 0 Å². The van der Waals surface area contributed by atoms with E-state index in [0.29, 0.717) is 0 Å². The van der Waals surface area contributed by atoms with E-state index in [0.717, 1.165) is 83.2 Å². The van der Waals surface area contributed by atoms with E-state index in [9.17, 15) is 0 Å². The third-order valence-corrected chi connectivity index (χ3v) is 9.65. The molecule has 3 heteroatoms. The maximum atomic E-state index is 6.73. The largest absolute Gasteiger partial charge is 0.456 e. The van der Waals surface area contributed by atoms with Crippen LogP contribution in [0.2, 0.25) is 0 Å². The normalized spacial score (nSPS) is 11.7. The van der Waals surface area contributed by atoms with Crippen LogP contribution in [0.25, 0.3) is 76.9 Å². The predicted octanol–water partition coefficient (Wildman–Crippen LogP) is 13.4. The molecule has 2 aromatic heterocycles. The van der Waals surface area contributed by atoms with E-state index in [4.69, 9.17) is 8.83 Å². The molecule has 0 spiro atoms. The highest BCUT2D eigenvalue weighted by atomic mass is 16.3. The van der Waals surface area contributed by atoms with Gasteiger partial charge in [0.05, 0.1) is 22.4 Å². The quantitative estimate of drug-likeness (QED) is 0.190. The first-order chi connectivity index (χ1) is 24.3. The minimum absolute atomic E-state index is 0.837. The summed E-state index contributed by atoms with van der Waals surface area (Å²) < 4.78 is 13.2. The molecule has 0 N–H and O–H groups in total. The van der Waals surface area contributed by atoms with E-state index < -0.39 is 0 Å². The van der Waals surface area contributed by atoms with Crippen molar-refractivity contribution in [3.05, 3.63) is 176 Å². The van der Waals surface area contributed by atoms with Crippen LogP contribution in [-0.2, 0) is 0 Å². The van der Waals surface area contributed by atoms with E-state index in [-0.39, 0.29) is 0 Å². The fraction of sp³-hybridized carbons (Fsp3) is 0. The number of fused-ring (bicyclic) bond motifs is 7. The third-order valence-electron chi connectivity index (χ3n) is 9.65. The molecule has 0 radical (unpaired) electrons. The van der Waals surface area contributed by atoms with Gasteiger partial charge >= 0.3 is 0 Å². The zero-order valence-electron chi connectivity index (χ0n) is 26.5. The van der Waals surface area contributed by atoms with Crippen LogP contribution in [0.15, 0.2) is 185 Å². The molecule has 0 bridgehead atoms. The summed E-state index contributed by atoms with van der Waals surface area (Å²) in [7, 11) is 0. The lowest BCUT2D eigenvalue weighted by atomic mass is 9.95. The molecule has 0 saturated carbocycles. The van der Waals surface area contributed by atoms with Crippen molar-refractivity contribution in [1.29, 1.82) is 0 Å². The van der Waals surface area contributed by atoms with Crippen molar-refractivity contribution >= 4 is 71.7 Å². The molecule has 0 unspecified atom stereocenters. The highest BCUT2D eigenvalue weighted by Gasteiger charge is 2.25. The molecule has 230 valence electrons. The van der Waals surface area contributed by atoms with Gasteiger partial charge in [0.1, 0.15) is 16.7 Å². The average molecular weight is 628 g/mol. The van der Waals surface area contributed by atoms with Gasteiger partial charge in [-0.3, -0.25) is 0 Å². The van der Waals surface area contributed by atoms with E-state index in [1.807, 2.05) is 24.3 Å². The van der Waals surface area contributed by atoms with E-state index in [1.54, 1.807) is 0 Å². The topological polar surface area (TPSA) is 29.5 Å². The van der Waals surface area contributed by atoms with Crippen molar-refractivity contribution in [2.75, 3.05) is 4.90 Å². The lowest BCUT2D eigenvalue weighted by Crippen LogP contribution is -2.12. The molecule has 2 heterocycles. The zero-order chi connectivity index (χ0) is 32.3. The molecule has 0 amide bonds. The van der Waals surface area contributed by atoms with Crippen molar-refractivity contribution in [1.82, 2.24) is 0 Å². The highest BCUT2D eigenvalue weighted by molar-refractivity contribution is 6.16. The maximum Gasteiger partial charge on any atom is 0.159 e. The van der Waals surface area contributed by atoms with Crippen molar-refractivity contribution in [2.24, 2.45) is 0 Å². The minimum atomic E-state index is 0.837. The van der Waals surface area contributed by atoms with Crippen LogP contribution < -0.4 is 4.90 Å². The fourth-order valence-corrected chi connectivity index (χ4v) is 7.37. The molecule has 0 aliphatic carbocycles. The Kier molecular flexibility index (Phi) is 6.18. The number of rotatable bonds is 5. The smallest absolute Gasteiger partial charge is 0.159 e. The van der Waals surface area contributed by atoms with Crippen molar-refractivity contribution in [3.8, 4) is 22.3 Å². The summed E-state index contributed by atoms with van der Waals surface area (Å²) in [5.41, 5.74) is 11.0. The summed E-state index contributed by atoms with van der Waals surface area (Å²) >= 11 is 0. The number of hydrogen-bond donors (Lipinski definition) is 0. The Morgan fingerprint density at radius 2 is 0.980 bits per heavy atom. The van der Waals surface area contributed by atoms with Gasteiger partial charge < -0.3 is 13.7 Å². The van der Waals surface area contributed by atoms with Gasteiger partial charge in [0, 0.05) is 21.7 Å². The Morgan fingerprint density at radius 1 is 0.347 bits per heavy atom. The second-order valence-corrected chi connectivity index (χ2v) is 12.5. The number of hydrogen-bond acceptors (Lipinski definition) is 3. The van der Waals surface area contributed by atoms with Crippen LogP contribution in [0.4, 0.5) is 17.1 Å². The molecule has 8 aromatic carbocycles. The van der Waals surface area contributed by atoms with Gasteiger partial charge in [-0.05, 0) is 69.9 Å². The molecule has 0 aliphatic heterocycles. The Labute approximate surface area is 282 Å². The summed E-state index contributed by atoms with van der Waals surface area (Å²) in [5, 5.41) is 6.74. The van der Waals surface area contributed by atoms with Crippen molar-refractivity contribution < 1.29 is 8.83 Å². The van der Waals surface area contributed by atoms with Crippen LogP contribution in [-0.4, -0.2) is 0 Å². The Hall–Kier alpha value is -6.58. The first kappa shape index (κ1) is 27.5. The standard InChI is InChI=1S/C46H29NO2/c1-2-13-31(14-3-1)35-27-26-34(33-25-24-30-12-4-5-15-32(30)28-33)29-41(35)47(39-19-11-23-44-45(39)38-17-7-9-22-43(38)48-44)40-20-10-18-37-36-16-6-8-21-42(36)49-46(37)40/h1-29H. The molecule has 10 aromatic rings. The van der Waals surface area contributed by atoms with Gasteiger partial charge in [-0.2, -0.15) is 0 Å². The van der Waals surface area contributed by atoms with Gasteiger partial charge in [0.15, 0.2) is 5.58 Å². The minimum Gasteiger partial charge on any atom is -0.456 e. The maximum absolute atomic E-state index is 6.73. The molecule has 0 saturated heterocycles. The summed E-state index contributed by atoms with van der Waals surface area (Å²) in [6, 6.07) is 62.1. The van der Waals surface area contributed by atoms with E-state index in [1.165, 1.54) is 10.8 Å². The monoisotopic (exact) mass is 627 g/mol. The second-order valence-electron chi connectivity index (χ2n) is 12.5. The average Bonchev–Trinajstić information content (AvgIpc) is 3.75. The lowest BCUT2D eigenvalue weighted by molar-refractivity contribution is 0.668. The van der Waals surface area contributed by atoms with Crippen LogP contribution in [0.3, 0.4) is 0 Å².